The van der Waals surface area contributed by atoms with Gasteiger partial charge in [0.15, 0.2) is 11.5 Å². The first-order valence-electron chi connectivity index (χ1n) is 10.4. The molecule has 2 N–H and O–H groups in total. The second kappa shape index (κ2) is 7.45. The van der Waals surface area contributed by atoms with E-state index in [1.165, 1.54) is 11.1 Å². The van der Waals surface area contributed by atoms with Crippen LogP contribution in [0.1, 0.15) is 0 Å². The van der Waals surface area contributed by atoms with Gasteiger partial charge in [-0.3, -0.25) is 0 Å². The summed E-state index contributed by atoms with van der Waals surface area (Å²) in [6.45, 7) is 3.41. The van der Waals surface area contributed by atoms with Crippen molar-refractivity contribution in [2.24, 2.45) is 0 Å². The van der Waals surface area contributed by atoms with Crippen molar-refractivity contribution in [2.45, 2.75) is 0 Å². The van der Waals surface area contributed by atoms with Crippen LogP contribution in [0.5, 0.6) is 0 Å². The van der Waals surface area contributed by atoms with E-state index in [1.54, 1.807) is 6.20 Å². The van der Waals surface area contributed by atoms with E-state index in [0.29, 0.717) is 0 Å². The zero-order valence-corrected chi connectivity index (χ0v) is 17.0. The van der Waals surface area contributed by atoms with Gasteiger partial charge in [-0.05, 0) is 41.8 Å². The predicted octanol–water partition coefficient (Wildman–Crippen LogP) is 4.46. The summed E-state index contributed by atoms with van der Waals surface area (Å²) >= 11 is 0. The van der Waals surface area contributed by atoms with Gasteiger partial charge in [0.1, 0.15) is 0 Å². The Bertz CT molecular complexity index is 1350. The van der Waals surface area contributed by atoms with Gasteiger partial charge in [-0.2, -0.15) is 0 Å². The summed E-state index contributed by atoms with van der Waals surface area (Å²) in [6.07, 6.45) is 7.70. The molecule has 0 atom stereocenters. The molecule has 1 aliphatic heterocycles. The first-order chi connectivity index (χ1) is 15.3. The Morgan fingerprint density at radius 3 is 2.74 bits per heavy atom. The molecule has 0 saturated carbocycles. The molecule has 1 aliphatic rings. The fourth-order valence-electron chi connectivity index (χ4n) is 4.08. The Hall–Kier alpha value is -3.84. The molecular formula is C24H22N6O. The van der Waals surface area contributed by atoms with Crippen molar-refractivity contribution < 1.29 is 4.74 Å². The number of aromatic nitrogens is 4. The predicted molar refractivity (Wildman–Crippen MR) is 123 cm³/mol. The lowest BCUT2D eigenvalue weighted by molar-refractivity contribution is 0.122. The highest BCUT2D eigenvalue weighted by Crippen LogP contribution is 2.27. The molecule has 0 bridgehead atoms. The number of benzene rings is 2. The van der Waals surface area contributed by atoms with Crippen LogP contribution in [0.25, 0.3) is 27.8 Å². The van der Waals surface area contributed by atoms with Crippen LogP contribution in [-0.2, 0) is 4.74 Å². The molecule has 5 aromatic rings. The van der Waals surface area contributed by atoms with Gasteiger partial charge in [-0.15, -0.1) is 0 Å². The van der Waals surface area contributed by atoms with E-state index < -0.39 is 0 Å². The monoisotopic (exact) mass is 410 g/mol. The van der Waals surface area contributed by atoms with Crippen molar-refractivity contribution in [3.63, 3.8) is 0 Å². The highest BCUT2D eigenvalue weighted by molar-refractivity contribution is 5.85. The molecule has 7 heteroatoms. The molecule has 4 heterocycles. The third kappa shape index (κ3) is 3.39. The summed E-state index contributed by atoms with van der Waals surface area (Å²) in [7, 11) is 0. The van der Waals surface area contributed by atoms with Gasteiger partial charge < -0.3 is 24.3 Å². The number of fused-ring (bicyclic) bond motifs is 2. The van der Waals surface area contributed by atoms with Crippen molar-refractivity contribution in [2.75, 3.05) is 36.5 Å². The molecule has 3 aromatic heterocycles. The topological polar surface area (TPSA) is 70.5 Å². The Balaban J connectivity index is 1.33. The molecular weight excluding hydrogens is 388 g/mol. The van der Waals surface area contributed by atoms with Crippen LogP contribution in [0.2, 0.25) is 0 Å². The number of H-pyrrole nitrogens is 1. The summed E-state index contributed by atoms with van der Waals surface area (Å²) in [4.78, 5) is 15.0. The summed E-state index contributed by atoms with van der Waals surface area (Å²) in [5.41, 5.74) is 6.01. The van der Waals surface area contributed by atoms with E-state index in [9.17, 15) is 0 Å². The number of hydrogen-bond acceptors (Lipinski definition) is 5. The van der Waals surface area contributed by atoms with Crippen LogP contribution in [0.4, 0.5) is 17.2 Å². The van der Waals surface area contributed by atoms with E-state index in [0.717, 1.165) is 60.2 Å². The van der Waals surface area contributed by atoms with Gasteiger partial charge >= 0.3 is 0 Å². The van der Waals surface area contributed by atoms with Gasteiger partial charge in [0.05, 0.1) is 18.9 Å². The van der Waals surface area contributed by atoms with Crippen molar-refractivity contribution >= 4 is 33.7 Å². The number of nitrogens with one attached hydrogen (secondary N) is 2. The van der Waals surface area contributed by atoms with Crippen LogP contribution < -0.4 is 10.2 Å². The quantitative estimate of drug-likeness (QED) is 0.458. The van der Waals surface area contributed by atoms with Gasteiger partial charge in [0.25, 0.3) is 0 Å². The first-order valence-corrected chi connectivity index (χ1v) is 10.4. The Morgan fingerprint density at radius 2 is 1.87 bits per heavy atom. The van der Waals surface area contributed by atoms with E-state index in [1.807, 2.05) is 23.0 Å². The zero-order chi connectivity index (χ0) is 20.6. The maximum atomic E-state index is 5.45. The molecule has 154 valence electrons. The lowest BCUT2D eigenvalue weighted by atomic mass is 10.1. The van der Waals surface area contributed by atoms with Crippen molar-refractivity contribution in [3.05, 3.63) is 73.3 Å². The van der Waals surface area contributed by atoms with Gasteiger partial charge in [-0.1, -0.05) is 12.1 Å². The van der Waals surface area contributed by atoms with Crippen LogP contribution >= 0.6 is 0 Å². The number of nitrogens with zero attached hydrogens (tertiary/aromatic N) is 4. The average molecular weight is 410 g/mol. The largest absolute Gasteiger partial charge is 0.378 e. The maximum absolute atomic E-state index is 5.45. The summed E-state index contributed by atoms with van der Waals surface area (Å²) in [6, 6.07) is 16.9. The highest BCUT2D eigenvalue weighted by atomic mass is 16.5. The highest BCUT2D eigenvalue weighted by Gasteiger charge is 2.13. The molecule has 6 rings (SSSR count). The third-order valence-corrected chi connectivity index (χ3v) is 5.73. The van der Waals surface area contributed by atoms with Crippen LogP contribution in [0.3, 0.4) is 0 Å². The summed E-state index contributed by atoms with van der Waals surface area (Å²) in [5.74, 6) is 0.730. The fourth-order valence-corrected chi connectivity index (χ4v) is 4.08. The molecule has 0 radical (unpaired) electrons. The van der Waals surface area contributed by atoms with E-state index in [2.05, 4.69) is 68.7 Å². The normalized spacial score (nSPS) is 14.4. The standard InChI is InChI=1S/C24H22N6O/c1-2-18(15-21-17(1)7-8-25-21)22-16-30-10-9-26-24(30)23(28-22)27-19-3-5-20(6-4-19)29-11-13-31-14-12-29/h1-10,15-16,25H,11-14H2,(H,27,28). The lowest BCUT2D eigenvalue weighted by Crippen LogP contribution is -2.36. The van der Waals surface area contributed by atoms with Crippen molar-refractivity contribution in [3.8, 4) is 11.3 Å². The molecule has 0 unspecified atom stereocenters. The molecule has 1 fully saturated rings. The first kappa shape index (κ1) is 18.0. The Kier molecular flexibility index (Phi) is 4.32. The number of rotatable bonds is 4. The van der Waals surface area contributed by atoms with E-state index in [-0.39, 0.29) is 0 Å². The molecule has 1 saturated heterocycles. The number of anilines is 3. The van der Waals surface area contributed by atoms with E-state index >= 15 is 0 Å². The number of aromatic amines is 1. The average Bonchev–Trinajstić information content (AvgIpc) is 3.49. The summed E-state index contributed by atoms with van der Waals surface area (Å²) in [5, 5.41) is 4.65. The lowest BCUT2D eigenvalue weighted by Gasteiger charge is -2.28. The van der Waals surface area contributed by atoms with E-state index in [4.69, 9.17) is 9.72 Å². The minimum absolute atomic E-state index is 0.730. The minimum atomic E-state index is 0.730. The number of morpholine rings is 1. The van der Waals surface area contributed by atoms with Gasteiger partial charge in [0, 0.05) is 60.3 Å². The fraction of sp³-hybridized carbons (Fsp3) is 0.167. The maximum Gasteiger partial charge on any atom is 0.180 e. The molecule has 7 nitrogen and oxygen atoms in total. The smallest absolute Gasteiger partial charge is 0.180 e. The second-order valence-electron chi connectivity index (χ2n) is 7.68. The molecule has 0 aliphatic carbocycles. The Morgan fingerprint density at radius 1 is 1.00 bits per heavy atom. The van der Waals surface area contributed by atoms with Crippen molar-refractivity contribution in [1.29, 1.82) is 0 Å². The van der Waals surface area contributed by atoms with Crippen LogP contribution in [0, 0.1) is 0 Å². The zero-order valence-electron chi connectivity index (χ0n) is 17.0. The SMILES string of the molecule is c1cn2cc(-c3ccc4cc[nH]c4c3)nc(Nc3ccc(N4CCOCC4)cc3)c2n1. The Labute approximate surface area is 179 Å². The van der Waals surface area contributed by atoms with Crippen molar-refractivity contribution in [1.82, 2.24) is 19.4 Å². The number of hydrogen-bond donors (Lipinski definition) is 2. The minimum Gasteiger partial charge on any atom is -0.378 e. The number of imidazole rings is 1. The number of ether oxygens (including phenoxy) is 1. The molecule has 0 spiro atoms. The van der Waals surface area contributed by atoms with Gasteiger partial charge in [-0.25, -0.2) is 9.97 Å². The summed E-state index contributed by atoms with van der Waals surface area (Å²) < 4.78 is 7.46. The van der Waals surface area contributed by atoms with Gasteiger partial charge in [0.2, 0.25) is 0 Å². The molecule has 31 heavy (non-hydrogen) atoms. The van der Waals surface area contributed by atoms with Crippen LogP contribution in [0.15, 0.2) is 73.3 Å². The molecule has 0 amide bonds. The third-order valence-electron chi connectivity index (χ3n) is 5.73. The second-order valence-corrected chi connectivity index (χ2v) is 7.68. The molecule has 2 aromatic carbocycles. The van der Waals surface area contributed by atoms with Crippen LogP contribution in [-0.4, -0.2) is 45.7 Å².